The van der Waals surface area contributed by atoms with Gasteiger partial charge >= 0.3 is 10.2 Å². The largest absolute Gasteiger partial charge is 0.375 e. The molecule has 13 heavy (non-hydrogen) atoms. The van der Waals surface area contributed by atoms with Crippen molar-refractivity contribution in [3.05, 3.63) is 0 Å². The van der Waals surface area contributed by atoms with Gasteiger partial charge in [0.25, 0.3) is 0 Å². The minimum Gasteiger partial charge on any atom is -0.375 e. The van der Waals surface area contributed by atoms with Gasteiger partial charge in [-0.15, -0.1) is 3.89 Å². The third-order valence-electron chi connectivity index (χ3n) is 2.70. The van der Waals surface area contributed by atoms with Crippen molar-refractivity contribution in [3.63, 3.8) is 0 Å². The molecule has 5 heteroatoms. The van der Waals surface area contributed by atoms with Crippen LogP contribution in [-0.2, 0) is 15.0 Å². The molecule has 1 fully saturated rings. The van der Waals surface area contributed by atoms with E-state index in [1.165, 1.54) is 0 Å². The molecule has 0 amide bonds. The lowest BCUT2D eigenvalue weighted by molar-refractivity contribution is -0.0658. The molecule has 1 aliphatic rings. The Bertz CT molecular complexity index is 275. The molecule has 0 aliphatic carbocycles. The van der Waals surface area contributed by atoms with E-state index in [0.717, 1.165) is 0 Å². The summed E-state index contributed by atoms with van der Waals surface area (Å²) >= 11 is 0. The summed E-state index contributed by atoms with van der Waals surface area (Å²) in [4.78, 5) is 0. The van der Waals surface area contributed by atoms with E-state index < -0.39 is 21.1 Å². The minimum absolute atomic E-state index is 0.266. The molecular formula is C8H15FO3S. The summed E-state index contributed by atoms with van der Waals surface area (Å²) in [6, 6.07) is 0. The van der Waals surface area contributed by atoms with Crippen LogP contribution in [0.25, 0.3) is 0 Å². The Morgan fingerprint density at radius 2 is 2.23 bits per heavy atom. The van der Waals surface area contributed by atoms with Gasteiger partial charge in [0.1, 0.15) is 0 Å². The van der Waals surface area contributed by atoms with Crippen molar-refractivity contribution >= 4 is 10.2 Å². The SMILES string of the molecule is CCC1(C)CC(S(=O)(=O)F)CCO1. The zero-order chi connectivity index (χ0) is 10.1. The molecule has 2 unspecified atom stereocenters. The van der Waals surface area contributed by atoms with Gasteiger partial charge in [-0.1, -0.05) is 6.92 Å². The van der Waals surface area contributed by atoms with E-state index in [1.807, 2.05) is 13.8 Å². The lowest BCUT2D eigenvalue weighted by Crippen LogP contribution is -2.41. The number of ether oxygens (including phenoxy) is 1. The highest BCUT2D eigenvalue weighted by molar-refractivity contribution is 7.87. The zero-order valence-electron chi connectivity index (χ0n) is 7.92. The summed E-state index contributed by atoms with van der Waals surface area (Å²) in [6.07, 6.45) is 1.25. The maximum atomic E-state index is 12.7. The predicted octanol–water partition coefficient (Wildman–Crippen LogP) is 1.63. The first-order valence-corrected chi connectivity index (χ1v) is 5.89. The molecule has 3 nitrogen and oxygen atoms in total. The number of hydrogen-bond donors (Lipinski definition) is 0. The quantitative estimate of drug-likeness (QED) is 0.651. The van der Waals surface area contributed by atoms with Crippen LogP contribution >= 0.6 is 0 Å². The molecule has 1 rings (SSSR count). The first kappa shape index (κ1) is 10.9. The van der Waals surface area contributed by atoms with Crippen molar-refractivity contribution in [1.82, 2.24) is 0 Å². The van der Waals surface area contributed by atoms with Gasteiger partial charge in [-0.3, -0.25) is 0 Å². The van der Waals surface area contributed by atoms with E-state index in [9.17, 15) is 12.3 Å². The second-order valence-corrected chi connectivity index (χ2v) is 5.36. The molecule has 0 aromatic rings. The Balaban J connectivity index is 2.73. The van der Waals surface area contributed by atoms with Crippen molar-refractivity contribution in [3.8, 4) is 0 Å². The van der Waals surface area contributed by atoms with E-state index in [2.05, 4.69) is 0 Å². The second kappa shape index (κ2) is 3.53. The molecule has 2 atom stereocenters. The van der Waals surface area contributed by atoms with Crippen molar-refractivity contribution in [2.75, 3.05) is 6.61 Å². The first-order valence-electron chi connectivity index (χ1n) is 4.45. The summed E-state index contributed by atoms with van der Waals surface area (Å²) in [5, 5.41) is -0.869. The standard InChI is InChI=1S/C8H15FO3S/c1-3-8(2)6-7(4-5-12-8)13(9,10)11/h7H,3-6H2,1-2H3. The molecule has 0 radical (unpaired) electrons. The summed E-state index contributed by atoms with van der Waals surface area (Å²) in [6.45, 7) is 4.07. The normalized spacial score (nSPS) is 36.1. The van der Waals surface area contributed by atoms with Gasteiger partial charge in [0, 0.05) is 6.61 Å². The lowest BCUT2D eigenvalue weighted by Gasteiger charge is -2.35. The molecule has 0 aromatic heterocycles. The minimum atomic E-state index is -4.39. The van der Waals surface area contributed by atoms with Gasteiger partial charge in [-0.25, -0.2) is 0 Å². The molecule has 0 bridgehead atoms. The van der Waals surface area contributed by atoms with Crippen LogP contribution in [0.4, 0.5) is 3.89 Å². The Labute approximate surface area is 78.5 Å². The first-order chi connectivity index (χ1) is 5.87. The smallest absolute Gasteiger partial charge is 0.305 e. The molecule has 1 saturated heterocycles. The van der Waals surface area contributed by atoms with Crippen molar-refractivity contribution in [2.45, 2.75) is 44.0 Å². The van der Waals surface area contributed by atoms with Crippen LogP contribution in [0.2, 0.25) is 0 Å². The maximum absolute atomic E-state index is 12.7. The van der Waals surface area contributed by atoms with Crippen LogP contribution in [0.15, 0.2) is 0 Å². The van der Waals surface area contributed by atoms with Crippen LogP contribution in [0.3, 0.4) is 0 Å². The number of hydrogen-bond acceptors (Lipinski definition) is 3. The summed E-state index contributed by atoms with van der Waals surface area (Å²) in [7, 11) is -4.39. The van der Waals surface area contributed by atoms with Crippen LogP contribution in [-0.4, -0.2) is 25.9 Å². The van der Waals surface area contributed by atoms with Crippen LogP contribution in [0, 0.1) is 0 Å². The van der Waals surface area contributed by atoms with E-state index in [-0.39, 0.29) is 12.8 Å². The zero-order valence-corrected chi connectivity index (χ0v) is 8.73. The van der Waals surface area contributed by atoms with E-state index in [0.29, 0.717) is 13.0 Å². The van der Waals surface area contributed by atoms with Gasteiger partial charge < -0.3 is 4.74 Å². The van der Waals surface area contributed by atoms with Crippen molar-refractivity contribution < 1.29 is 17.0 Å². The number of rotatable bonds is 2. The molecule has 1 aliphatic heterocycles. The molecule has 0 aromatic carbocycles. The molecule has 0 spiro atoms. The van der Waals surface area contributed by atoms with Crippen LogP contribution in [0.1, 0.15) is 33.1 Å². The van der Waals surface area contributed by atoms with Gasteiger partial charge in [0.05, 0.1) is 10.9 Å². The second-order valence-electron chi connectivity index (χ2n) is 3.74. The van der Waals surface area contributed by atoms with Crippen LogP contribution in [0.5, 0.6) is 0 Å². The summed E-state index contributed by atoms with van der Waals surface area (Å²) in [5.74, 6) is 0. The number of halogens is 1. The van der Waals surface area contributed by atoms with Crippen molar-refractivity contribution in [2.24, 2.45) is 0 Å². The molecule has 0 N–H and O–H groups in total. The van der Waals surface area contributed by atoms with Crippen molar-refractivity contribution in [1.29, 1.82) is 0 Å². The van der Waals surface area contributed by atoms with Gasteiger partial charge in [0.15, 0.2) is 0 Å². The Morgan fingerprint density at radius 3 is 2.69 bits per heavy atom. The van der Waals surface area contributed by atoms with E-state index in [1.54, 1.807) is 0 Å². The Kier molecular flexibility index (Phi) is 2.97. The monoisotopic (exact) mass is 210 g/mol. The topological polar surface area (TPSA) is 43.4 Å². The molecule has 1 heterocycles. The fourth-order valence-electron chi connectivity index (χ4n) is 1.57. The van der Waals surface area contributed by atoms with Gasteiger partial charge in [0.2, 0.25) is 0 Å². The highest BCUT2D eigenvalue weighted by Gasteiger charge is 2.38. The van der Waals surface area contributed by atoms with E-state index >= 15 is 0 Å². The average Bonchev–Trinajstić information content (AvgIpc) is 2.03. The van der Waals surface area contributed by atoms with Crippen LogP contribution < -0.4 is 0 Å². The predicted molar refractivity (Wildman–Crippen MR) is 47.7 cm³/mol. The Morgan fingerprint density at radius 1 is 1.62 bits per heavy atom. The highest BCUT2D eigenvalue weighted by atomic mass is 32.3. The molecule has 78 valence electrons. The molecular weight excluding hydrogens is 195 g/mol. The fourth-order valence-corrected chi connectivity index (χ4v) is 2.50. The third kappa shape index (κ3) is 2.64. The molecule has 0 saturated carbocycles. The fraction of sp³-hybridized carbons (Fsp3) is 1.00. The third-order valence-corrected chi connectivity index (χ3v) is 3.89. The van der Waals surface area contributed by atoms with E-state index in [4.69, 9.17) is 4.74 Å². The Hall–Kier alpha value is -0.160. The maximum Gasteiger partial charge on any atom is 0.305 e. The highest BCUT2D eigenvalue weighted by Crippen LogP contribution is 2.31. The van der Waals surface area contributed by atoms with Gasteiger partial charge in [-0.05, 0) is 26.2 Å². The average molecular weight is 210 g/mol. The summed E-state index contributed by atoms with van der Waals surface area (Å²) in [5.41, 5.74) is -0.470. The summed E-state index contributed by atoms with van der Waals surface area (Å²) < 4.78 is 39.4. The lowest BCUT2D eigenvalue weighted by atomic mass is 9.93. The van der Waals surface area contributed by atoms with Gasteiger partial charge in [-0.2, -0.15) is 8.42 Å².